The molecule has 0 radical (unpaired) electrons. The Morgan fingerprint density at radius 1 is 1.10 bits per heavy atom. The number of unbranched alkanes of at least 4 members (excludes halogenated alkanes) is 1. The Bertz CT molecular complexity index is 277. The van der Waals surface area contributed by atoms with Crippen molar-refractivity contribution in [2.75, 3.05) is 11.9 Å². The van der Waals surface area contributed by atoms with Gasteiger partial charge in [0.05, 0.1) is 6.61 Å². The van der Waals surface area contributed by atoms with Crippen molar-refractivity contribution in [2.45, 2.75) is 50.0 Å². The van der Waals surface area contributed by atoms with Crippen LogP contribution in [-0.2, 0) is 9.53 Å². The number of halogens is 1. The van der Waals surface area contributed by atoms with Gasteiger partial charge in [0.1, 0.15) is 24.4 Å². The maximum atomic E-state index is 10.1. The highest BCUT2D eigenvalue weighted by Gasteiger charge is 2.42. The Morgan fingerprint density at radius 2 is 1.70 bits per heavy atom. The summed E-state index contributed by atoms with van der Waals surface area (Å²) in [7, 11) is 0. The van der Waals surface area contributed by atoms with E-state index in [2.05, 4.69) is 20.7 Å². The predicted molar refractivity (Wildman–Crippen MR) is 72.8 cm³/mol. The van der Waals surface area contributed by atoms with E-state index >= 15 is 0 Å². The SMILES string of the molecule is NC(=O)CCCCBr.OC[C@H]1O[C@@H](O)[C@H](O)[C@@H](O)[C@@H]1O. The molecule has 1 amide bonds. The number of hydrogen-bond acceptors (Lipinski definition) is 7. The first-order valence-corrected chi connectivity index (χ1v) is 7.30. The van der Waals surface area contributed by atoms with Gasteiger partial charge in [-0.05, 0) is 12.8 Å². The highest BCUT2D eigenvalue weighted by Crippen LogP contribution is 2.18. The van der Waals surface area contributed by atoms with E-state index in [0.29, 0.717) is 6.42 Å². The smallest absolute Gasteiger partial charge is 0.217 e. The number of aliphatic hydroxyl groups excluding tert-OH is 5. The molecule has 0 saturated carbocycles. The summed E-state index contributed by atoms with van der Waals surface area (Å²) in [6.45, 7) is -0.526. The minimum atomic E-state index is -1.57. The van der Waals surface area contributed by atoms with Crippen molar-refractivity contribution >= 4 is 21.8 Å². The van der Waals surface area contributed by atoms with Crippen LogP contribution in [-0.4, -0.2) is 74.1 Å². The third kappa shape index (κ3) is 6.93. The molecule has 7 N–H and O–H groups in total. The summed E-state index contributed by atoms with van der Waals surface area (Å²) in [6.07, 6.45) is -4.59. The second-order valence-corrected chi connectivity index (χ2v) is 5.12. The number of primary amides is 1. The number of ether oxygens (including phenoxy) is 1. The monoisotopic (exact) mass is 359 g/mol. The van der Waals surface area contributed by atoms with Crippen LogP contribution in [0.3, 0.4) is 0 Å². The summed E-state index contributed by atoms with van der Waals surface area (Å²) >= 11 is 3.25. The zero-order valence-corrected chi connectivity index (χ0v) is 12.5. The van der Waals surface area contributed by atoms with E-state index in [0.717, 1.165) is 18.2 Å². The van der Waals surface area contributed by atoms with Crippen LogP contribution < -0.4 is 5.73 Å². The van der Waals surface area contributed by atoms with Gasteiger partial charge in [-0.25, -0.2) is 0 Å². The summed E-state index contributed by atoms with van der Waals surface area (Å²) in [5.74, 6) is -0.203. The third-order valence-electron chi connectivity index (χ3n) is 2.67. The molecule has 0 aromatic heterocycles. The lowest BCUT2D eigenvalue weighted by Crippen LogP contribution is -2.58. The molecule has 0 spiro atoms. The number of rotatable bonds is 5. The molecule has 1 aliphatic heterocycles. The minimum absolute atomic E-state index is 0.203. The van der Waals surface area contributed by atoms with Crippen LogP contribution in [0.4, 0.5) is 0 Å². The summed E-state index contributed by atoms with van der Waals surface area (Å²) in [5, 5.41) is 45.6. The molecule has 1 rings (SSSR count). The summed E-state index contributed by atoms with van der Waals surface area (Å²) in [5.41, 5.74) is 4.88. The molecule has 1 heterocycles. The van der Waals surface area contributed by atoms with Gasteiger partial charge in [-0.1, -0.05) is 15.9 Å². The fourth-order valence-corrected chi connectivity index (χ4v) is 1.87. The van der Waals surface area contributed by atoms with Crippen molar-refractivity contribution in [1.82, 2.24) is 0 Å². The number of aliphatic hydroxyl groups is 5. The van der Waals surface area contributed by atoms with Crippen LogP contribution in [0.25, 0.3) is 0 Å². The molecular weight excluding hydrogens is 338 g/mol. The summed E-state index contributed by atoms with van der Waals surface area (Å²) < 4.78 is 4.58. The van der Waals surface area contributed by atoms with Crippen molar-refractivity contribution in [3.05, 3.63) is 0 Å². The van der Waals surface area contributed by atoms with Gasteiger partial charge in [0.25, 0.3) is 0 Å². The first-order chi connectivity index (χ1) is 9.34. The van der Waals surface area contributed by atoms with Gasteiger partial charge < -0.3 is 36.0 Å². The molecule has 0 bridgehead atoms. The van der Waals surface area contributed by atoms with Crippen molar-refractivity contribution < 1.29 is 35.1 Å². The van der Waals surface area contributed by atoms with E-state index in [9.17, 15) is 4.79 Å². The van der Waals surface area contributed by atoms with Crippen LogP contribution in [0, 0.1) is 0 Å². The number of amides is 1. The topological polar surface area (TPSA) is 153 Å². The van der Waals surface area contributed by atoms with Gasteiger partial charge in [0.2, 0.25) is 5.91 Å². The lowest BCUT2D eigenvalue weighted by molar-refractivity contribution is -0.286. The zero-order valence-electron chi connectivity index (χ0n) is 10.9. The molecule has 5 atom stereocenters. The molecule has 0 aromatic rings. The van der Waals surface area contributed by atoms with E-state index < -0.39 is 37.3 Å². The second-order valence-electron chi connectivity index (χ2n) is 4.33. The van der Waals surface area contributed by atoms with E-state index in [-0.39, 0.29) is 5.91 Å². The van der Waals surface area contributed by atoms with Crippen LogP contribution >= 0.6 is 15.9 Å². The lowest BCUT2D eigenvalue weighted by Gasteiger charge is -2.37. The largest absolute Gasteiger partial charge is 0.394 e. The van der Waals surface area contributed by atoms with Crippen molar-refractivity contribution in [1.29, 1.82) is 0 Å². The van der Waals surface area contributed by atoms with Gasteiger partial charge in [0, 0.05) is 11.8 Å². The highest BCUT2D eigenvalue weighted by atomic mass is 79.9. The lowest BCUT2D eigenvalue weighted by atomic mass is 10.00. The quantitative estimate of drug-likeness (QED) is 0.241. The van der Waals surface area contributed by atoms with Crippen molar-refractivity contribution in [2.24, 2.45) is 5.73 Å². The number of carbonyl (C=O) groups is 1. The van der Waals surface area contributed by atoms with Crippen molar-refractivity contribution in [3.63, 3.8) is 0 Å². The van der Waals surface area contributed by atoms with E-state index in [1.807, 2.05) is 0 Å². The first kappa shape index (κ1) is 19.7. The number of alkyl halides is 1. The fraction of sp³-hybridized carbons (Fsp3) is 0.909. The Kier molecular flexibility index (Phi) is 10.3. The normalized spacial score (nSPS) is 33.2. The molecule has 1 aliphatic rings. The van der Waals surface area contributed by atoms with Gasteiger partial charge >= 0.3 is 0 Å². The highest BCUT2D eigenvalue weighted by molar-refractivity contribution is 9.09. The average Bonchev–Trinajstić information content (AvgIpc) is 2.41. The minimum Gasteiger partial charge on any atom is -0.394 e. The van der Waals surface area contributed by atoms with Crippen LogP contribution in [0.15, 0.2) is 0 Å². The first-order valence-electron chi connectivity index (χ1n) is 6.18. The summed E-state index contributed by atoms with van der Waals surface area (Å²) in [4.78, 5) is 10.1. The van der Waals surface area contributed by atoms with Crippen molar-refractivity contribution in [3.8, 4) is 0 Å². The van der Waals surface area contributed by atoms with E-state index in [1.54, 1.807) is 0 Å². The molecule has 0 aromatic carbocycles. The van der Waals surface area contributed by atoms with E-state index in [1.165, 1.54) is 0 Å². The standard InChI is InChI=1S/C6H12O6.C5H10BrNO/c7-1-2-3(8)4(9)5(10)6(11)12-2;6-4-2-1-3-5(7)8/h2-11H,1H2;1-4H2,(H2,7,8)/t2-,3-,4+,5-,6-;/m1./s1. The Balaban J connectivity index is 0.000000396. The summed E-state index contributed by atoms with van der Waals surface area (Å²) in [6, 6.07) is 0. The molecule has 0 aliphatic carbocycles. The molecule has 120 valence electrons. The molecule has 0 unspecified atom stereocenters. The maximum Gasteiger partial charge on any atom is 0.217 e. The molecule has 9 heteroatoms. The molecule has 8 nitrogen and oxygen atoms in total. The molecule has 1 saturated heterocycles. The van der Waals surface area contributed by atoms with Gasteiger partial charge in [-0.2, -0.15) is 0 Å². The Labute approximate surface area is 125 Å². The van der Waals surface area contributed by atoms with E-state index in [4.69, 9.17) is 31.3 Å². The number of nitrogens with two attached hydrogens (primary N) is 1. The second kappa shape index (κ2) is 10.4. The predicted octanol–water partition coefficient (Wildman–Crippen LogP) is -2.18. The molecular formula is C11H22BrNO7. The van der Waals surface area contributed by atoms with Gasteiger partial charge in [-0.3, -0.25) is 4.79 Å². The molecule has 20 heavy (non-hydrogen) atoms. The Morgan fingerprint density at radius 3 is 2.15 bits per heavy atom. The van der Waals surface area contributed by atoms with Crippen LogP contribution in [0.5, 0.6) is 0 Å². The average molecular weight is 360 g/mol. The zero-order chi connectivity index (χ0) is 15.7. The fourth-order valence-electron chi connectivity index (χ4n) is 1.48. The van der Waals surface area contributed by atoms with Gasteiger partial charge in [-0.15, -0.1) is 0 Å². The maximum absolute atomic E-state index is 10.1. The van der Waals surface area contributed by atoms with Crippen LogP contribution in [0.2, 0.25) is 0 Å². The third-order valence-corrected chi connectivity index (χ3v) is 3.23. The van der Waals surface area contributed by atoms with Gasteiger partial charge in [0.15, 0.2) is 6.29 Å². The Hall–Kier alpha value is -0.290. The molecule has 1 fully saturated rings. The van der Waals surface area contributed by atoms with Crippen LogP contribution in [0.1, 0.15) is 19.3 Å². The number of hydrogen-bond donors (Lipinski definition) is 6. The number of carbonyl (C=O) groups excluding carboxylic acids is 1.